The number of benzene rings is 2. The predicted molar refractivity (Wildman–Crippen MR) is 165 cm³/mol. The van der Waals surface area contributed by atoms with Crippen LogP contribution in [0.15, 0.2) is 73.2 Å². The molecule has 0 saturated carbocycles. The van der Waals surface area contributed by atoms with Crippen LogP contribution in [0.25, 0.3) is 22.3 Å². The molecule has 228 valence electrons. The fourth-order valence-electron chi connectivity index (χ4n) is 6.15. The molecule has 2 saturated heterocycles. The number of nitrogen functional groups attached to an aromatic ring is 1. The molecule has 0 radical (unpaired) electrons. The first-order chi connectivity index (χ1) is 21.9. The average molecular weight is 607 g/mol. The van der Waals surface area contributed by atoms with Crippen LogP contribution in [-0.4, -0.2) is 54.5 Å². The molecule has 1 unspecified atom stereocenters. The quantitative estimate of drug-likeness (QED) is 0.198. The van der Waals surface area contributed by atoms with E-state index < -0.39 is 11.9 Å². The standard InChI is InChI=1S/C33H31FN8O3/c34-30-22(16-21(17-36-30)26-10-11-27(43)39-33(26)44)18-41-14-12-23(13-15-41)42-32-28(31(35)37-19-38-32)29(40-42)20-6-8-25(9-7-20)45-24-4-2-1-3-5-24/h1-9,16-17,19,23,26H,10-15,18H2,(H2,35,37,38)(H,39,43,44). The van der Waals surface area contributed by atoms with Gasteiger partial charge in [0, 0.05) is 43.4 Å². The first-order valence-electron chi connectivity index (χ1n) is 15.0. The molecule has 0 aliphatic carbocycles. The summed E-state index contributed by atoms with van der Waals surface area (Å²) < 4.78 is 22.7. The summed E-state index contributed by atoms with van der Waals surface area (Å²) in [5, 5.41) is 8.07. The zero-order valence-corrected chi connectivity index (χ0v) is 24.4. The van der Waals surface area contributed by atoms with Gasteiger partial charge < -0.3 is 10.5 Å². The Bertz CT molecular complexity index is 1870. The third-order valence-electron chi connectivity index (χ3n) is 8.50. The Balaban J connectivity index is 1.07. The largest absolute Gasteiger partial charge is 0.457 e. The van der Waals surface area contributed by atoms with E-state index in [9.17, 15) is 14.0 Å². The summed E-state index contributed by atoms with van der Waals surface area (Å²) in [7, 11) is 0. The lowest BCUT2D eigenvalue weighted by Gasteiger charge is -2.32. The van der Waals surface area contributed by atoms with E-state index in [1.165, 1.54) is 12.5 Å². The molecule has 5 aromatic rings. The van der Waals surface area contributed by atoms with Crippen LogP contribution >= 0.6 is 0 Å². The average Bonchev–Trinajstić information content (AvgIpc) is 3.44. The van der Waals surface area contributed by atoms with Crippen molar-refractivity contribution in [1.29, 1.82) is 0 Å². The molecule has 12 heteroatoms. The minimum absolute atomic E-state index is 0.0604. The highest BCUT2D eigenvalue weighted by Crippen LogP contribution is 2.35. The van der Waals surface area contributed by atoms with E-state index >= 15 is 0 Å². The number of anilines is 1. The minimum Gasteiger partial charge on any atom is -0.457 e. The highest BCUT2D eigenvalue weighted by atomic mass is 19.1. The number of nitrogens with two attached hydrogens (primary N) is 1. The number of likely N-dealkylation sites (tertiary alicyclic amines) is 1. The second-order valence-corrected chi connectivity index (χ2v) is 11.4. The maximum absolute atomic E-state index is 14.8. The number of nitrogens with one attached hydrogen (secondary N) is 1. The van der Waals surface area contributed by atoms with Crippen LogP contribution in [0.3, 0.4) is 0 Å². The molecule has 3 N–H and O–H groups in total. The molecular weight excluding hydrogens is 575 g/mol. The lowest BCUT2D eigenvalue weighted by molar-refractivity contribution is -0.134. The highest BCUT2D eigenvalue weighted by Gasteiger charge is 2.30. The van der Waals surface area contributed by atoms with Gasteiger partial charge in [0.25, 0.3) is 0 Å². The van der Waals surface area contributed by atoms with Crippen LogP contribution in [0.4, 0.5) is 10.2 Å². The second kappa shape index (κ2) is 12.0. The molecule has 5 heterocycles. The molecule has 1 atom stereocenters. The van der Waals surface area contributed by atoms with Crippen LogP contribution in [0.5, 0.6) is 11.5 Å². The second-order valence-electron chi connectivity index (χ2n) is 11.4. The number of pyridine rings is 1. The van der Waals surface area contributed by atoms with Crippen molar-refractivity contribution < 1.29 is 18.7 Å². The first kappa shape index (κ1) is 28.5. The molecule has 3 aromatic heterocycles. The number of fused-ring (bicyclic) bond motifs is 1. The lowest BCUT2D eigenvalue weighted by Crippen LogP contribution is -2.39. The Morgan fingerprint density at radius 3 is 2.47 bits per heavy atom. The van der Waals surface area contributed by atoms with E-state index in [2.05, 4.69) is 25.2 Å². The fraction of sp³-hybridized carbons (Fsp3) is 0.273. The van der Waals surface area contributed by atoms with Crippen LogP contribution in [0, 0.1) is 5.95 Å². The number of carbonyl (C=O) groups excluding carboxylic acids is 2. The number of halogens is 1. The van der Waals surface area contributed by atoms with Crippen molar-refractivity contribution in [2.24, 2.45) is 0 Å². The summed E-state index contributed by atoms with van der Waals surface area (Å²) >= 11 is 0. The minimum atomic E-state index is -0.553. The van der Waals surface area contributed by atoms with Crippen molar-refractivity contribution in [3.8, 4) is 22.8 Å². The van der Waals surface area contributed by atoms with Crippen molar-refractivity contribution >= 4 is 28.7 Å². The van der Waals surface area contributed by atoms with Crippen molar-refractivity contribution in [3.63, 3.8) is 0 Å². The summed E-state index contributed by atoms with van der Waals surface area (Å²) in [6.45, 7) is 1.77. The number of piperidine rings is 2. The number of nitrogens with zero attached hydrogens (tertiary/aromatic N) is 6. The van der Waals surface area contributed by atoms with E-state index in [0.717, 1.165) is 24.2 Å². The molecule has 2 aliphatic heterocycles. The Morgan fingerprint density at radius 2 is 1.71 bits per heavy atom. The molecule has 2 aromatic carbocycles. The number of amides is 2. The number of hydrogen-bond donors (Lipinski definition) is 2. The monoisotopic (exact) mass is 606 g/mol. The Morgan fingerprint density at radius 1 is 0.956 bits per heavy atom. The van der Waals surface area contributed by atoms with E-state index in [0.29, 0.717) is 65.5 Å². The van der Waals surface area contributed by atoms with Crippen molar-refractivity contribution in [1.82, 2.24) is 34.9 Å². The number of rotatable bonds is 7. The Kier molecular flexibility index (Phi) is 7.64. The normalized spacial score (nSPS) is 17.8. The fourth-order valence-corrected chi connectivity index (χ4v) is 6.15. The predicted octanol–water partition coefficient (Wildman–Crippen LogP) is 4.76. The van der Waals surface area contributed by atoms with E-state index in [1.54, 1.807) is 6.07 Å². The van der Waals surface area contributed by atoms with Gasteiger partial charge in [-0.2, -0.15) is 9.49 Å². The molecule has 11 nitrogen and oxygen atoms in total. The van der Waals surface area contributed by atoms with Gasteiger partial charge in [0.1, 0.15) is 29.3 Å². The molecule has 7 rings (SSSR count). The number of para-hydroxylation sites is 1. The number of ether oxygens (including phenoxy) is 1. The first-order valence-corrected chi connectivity index (χ1v) is 15.0. The summed E-state index contributed by atoms with van der Waals surface area (Å²) in [4.78, 5) is 38.8. The lowest BCUT2D eigenvalue weighted by atomic mass is 9.91. The third kappa shape index (κ3) is 5.84. The zero-order valence-electron chi connectivity index (χ0n) is 24.4. The maximum atomic E-state index is 14.8. The van der Waals surface area contributed by atoms with E-state index in [-0.39, 0.29) is 24.3 Å². The zero-order chi connectivity index (χ0) is 30.9. The number of hydrogen-bond acceptors (Lipinski definition) is 9. The molecule has 0 spiro atoms. The summed E-state index contributed by atoms with van der Waals surface area (Å²) in [5.74, 6) is 0.115. The van der Waals surface area contributed by atoms with Gasteiger partial charge in [-0.15, -0.1) is 0 Å². The van der Waals surface area contributed by atoms with Crippen LogP contribution in [0.2, 0.25) is 0 Å². The van der Waals surface area contributed by atoms with Gasteiger partial charge in [-0.1, -0.05) is 18.2 Å². The summed E-state index contributed by atoms with van der Waals surface area (Å²) in [6.07, 6.45) is 5.03. The van der Waals surface area contributed by atoms with Crippen LogP contribution in [-0.2, 0) is 16.1 Å². The van der Waals surface area contributed by atoms with Crippen molar-refractivity contribution in [2.45, 2.75) is 44.2 Å². The topological polar surface area (TPSA) is 141 Å². The molecule has 2 amide bonds. The molecule has 45 heavy (non-hydrogen) atoms. The summed E-state index contributed by atoms with van der Waals surface area (Å²) in [5.41, 5.74) is 9.66. The van der Waals surface area contributed by atoms with E-state index in [4.69, 9.17) is 15.6 Å². The maximum Gasteiger partial charge on any atom is 0.234 e. The molecule has 2 aliphatic rings. The smallest absolute Gasteiger partial charge is 0.234 e. The van der Waals surface area contributed by atoms with Crippen LogP contribution in [0.1, 0.15) is 48.8 Å². The van der Waals surface area contributed by atoms with Crippen molar-refractivity contribution in [3.05, 3.63) is 90.3 Å². The molecular formula is C33H31FN8O3. The van der Waals surface area contributed by atoms with Gasteiger partial charge in [0.2, 0.25) is 17.8 Å². The molecule has 0 bridgehead atoms. The van der Waals surface area contributed by atoms with Crippen molar-refractivity contribution in [2.75, 3.05) is 18.8 Å². The molecule has 2 fully saturated rings. The SMILES string of the molecule is Nc1ncnc2c1c(-c1ccc(Oc3ccccc3)cc1)nn2C1CCN(Cc2cc(C3CCC(=O)NC3=O)cnc2F)CC1. The van der Waals surface area contributed by atoms with Gasteiger partial charge in [-0.05, 0) is 67.3 Å². The van der Waals surface area contributed by atoms with Crippen LogP contribution < -0.4 is 15.8 Å². The van der Waals surface area contributed by atoms with Gasteiger partial charge in [0.05, 0.1) is 17.3 Å². The van der Waals surface area contributed by atoms with Gasteiger partial charge in [0.15, 0.2) is 5.65 Å². The van der Waals surface area contributed by atoms with E-state index in [1.807, 2.05) is 59.3 Å². The van der Waals surface area contributed by atoms with Gasteiger partial charge in [-0.3, -0.25) is 19.8 Å². The number of aromatic nitrogens is 5. The number of carbonyl (C=O) groups is 2. The van der Waals surface area contributed by atoms with Gasteiger partial charge >= 0.3 is 0 Å². The Hall–Kier alpha value is -5.23. The van der Waals surface area contributed by atoms with Gasteiger partial charge in [-0.25, -0.2) is 19.6 Å². The highest BCUT2D eigenvalue weighted by molar-refractivity contribution is 6.01. The summed E-state index contributed by atoms with van der Waals surface area (Å²) in [6, 6.07) is 19.0. The number of imide groups is 1. The Labute approximate surface area is 258 Å². The third-order valence-corrected chi connectivity index (χ3v) is 8.50.